The molecule has 0 saturated heterocycles. The molecule has 6 nitrogen and oxygen atoms in total. The second kappa shape index (κ2) is 11.8. The van der Waals surface area contributed by atoms with Gasteiger partial charge in [-0.3, -0.25) is 9.59 Å². The highest BCUT2D eigenvalue weighted by Gasteiger charge is 2.72. The number of amides is 1. The van der Waals surface area contributed by atoms with E-state index in [0.29, 0.717) is 35.8 Å². The van der Waals surface area contributed by atoms with Crippen LogP contribution in [-0.2, 0) is 25.6 Å². The van der Waals surface area contributed by atoms with Crippen molar-refractivity contribution in [2.45, 2.75) is 125 Å². The first-order valence-corrected chi connectivity index (χ1v) is 18.3. The fraction of sp³-hybridized carbons (Fsp3) is 0.732. The minimum Gasteiger partial charge on any atom is -0.465 e. The van der Waals surface area contributed by atoms with Crippen molar-refractivity contribution in [3.63, 3.8) is 0 Å². The Hall–Kier alpha value is -2.63. The lowest BCUT2D eigenvalue weighted by Crippen LogP contribution is -2.67. The standard InChI is InChI=1S/C41H59NO5/c1-25(2)28-16-21-41(36(45)42-24-27-12-10-11-13-29(27)35(44)46-9)23-22-39(7)30(34(28)41)14-15-32-38(6)19-18-33(47-26(3)43)37(4,5)31(38)17-20-40(32,39)8/h10-13,28,30-34H,1,14-24H2,2-9H3,(H,42,45)/t28-,30+,31-,32+,33-,34+,38-,39+,40+,41-/m0/s1. The van der Waals surface area contributed by atoms with Gasteiger partial charge in [-0.2, -0.15) is 0 Å². The Kier molecular flexibility index (Phi) is 8.57. The van der Waals surface area contributed by atoms with Gasteiger partial charge in [0.2, 0.25) is 5.91 Å². The highest BCUT2D eigenvalue weighted by atomic mass is 16.5. The summed E-state index contributed by atoms with van der Waals surface area (Å²) in [6.07, 6.45) is 10.6. The highest BCUT2D eigenvalue weighted by Crippen LogP contribution is 2.77. The molecule has 0 aliphatic heterocycles. The fourth-order valence-electron chi connectivity index (χ4n) is 13.3. The van der Waals surface area contributed by atoms with Gasteiger partial charge in [-0.1, -0.05) is 65.0 Å². The van der Waals surface area contributed by atoms with Gasteiger partial charge in [-0.15, -0.1) is 0 Å². The fourth-order valence-corrected chi connectivity index (χ4v) is 13.3. The van der Waals surface area contributed by atoms with Crippen LogP contribution in [0.15, 0.2) is 36.4 Å². The van der Waals surface area contributed by atoms with Gasteiger partial charge in [0.25, 0.3) is 0 Å². The molecule has 258 valence electrons. The number of methoxy groups -OCH3 is 1. The summed E-state index contributed by atoms with van der Waals surface area (Å²) < 4.78 is 11.0. The zero-order valence-electron chi connectivity index (χ0n) is 30.3. The minimum atomic E-state index is -0.414. The van der Waals surface area contributed by atoms with Crippen LogP contribution in [0.25, 0.3) is 0 Å². The normalized spacial score (nSPS) is 41.7. The first-order chi connectivity index (χ1) is 22.1. The van der Waals surface area contributed by atoms with E-state index in [2.05, 4.69) is 53.4 Å². The second-order valence-electron chi connectivity index (χ2n) is 17.6. The van der Waals surface area contributed by atoms with E-state index < -0.39 is 5.41 Å². The lowest BCUT2D eigenvalue weighted by Gasteiger charge is -2.72. The first kappa shape index (κ1) is 34.2. The van der Waals surface area contributed by atoms with Gasteiger partial charge in [0.1, 0.15) is 6.10 Å². The quantitative estimate of drug-likeness (QED) is 0.247. The Balaban J connectivity index is 1.30. The van der Waals surface area contributed by atoms with E-state index in [1.54, 1.807) is 13.0 Å². The van der Waals surface area contributed by atoms with Crippen molar-refractivity contribution in [3.05, 3.63) is 47.5 Å². The Morgan fingerprint density at radius 1 is 0.851 bits per heavy atom. The molecule has 0 spiro atoms. The molecule has 5 aliphatic carbocycles. The molecule has 1 aromatic carbocycles. The first-order valence-electron chi connectivity index (χ1n) is 18.3. The molecule has 5 fully saturated rings. The van der Waals surface area contributed by atoms with Gasteiger partial charge in [0.15, 0.2) is 0 Å². The third-order valence-electron chi connectivity index (χ3n) is 15.6. The van der Waals surface area contributed by atoms with Crippen LogP contribution in [0.1, 0.15) is 129 Å². The van der Waals surface area contributed by atoms with E-state index in [1.165, 1.54) is 25.5 Å². The Morgan fingerprint density at radius 3 is 2.26 bits per heavy atom. The summed E-state index contributed by atoms with van der Waals surface area (Å²) in [6.45, 7) is 21.1. The molecule has 1 aromatic rings. The average molecular weight is 646 g/mol. The molecule has 0 heterocycles. The van der Waals surface area contributed by atoms with Gasteiger partial charge >= 0.3 is 11.9 Å². The van der Waals surface area contributed by atoms with Crippen LogP contribution >= 0.6 is 0 Å². The number of esters is 2. The third-order valence-corrected chi connectivity index (χ3v) is 15.6. The van der Waals surface area contributed by atoms with Crippen molar-refractivity contribution in [2.75, 3.05) is 7.11 Å². The van der Waals surface area contributed by atoms with Crippen molar-refractivity contribution in [2.24, 2.45) is 56.7 Å². The van der Waals surface area contributed by atoms with Crippen LogP contribution in [0.3, 0.4) is 0 Å². The number of hydrogen-bond acceptors (Lipinski definition) is 5. The van der Waals surface area contributed by atoms with Crippen LogP contribution < -0.4 is 5.32 Å². The van der Waals surface area contributed by atoms with Gasteiger partial charge in [0, 0.05) is 18.9 Å². The molecule has 5 saturated carbocycles. The smallest absolute Gasteiger partial charge is 0.338 e. The number of ether oxygens (including phenoxy) is 2. The highest BCUT2D eigenvalue weighted by molar-refractivity contribution is 5.91. The molecule has 5 aliphatic rings. The van der Waals surface area contributed by atoms with Gasteiger partial charge in [-0.05, 0) is 129 Å². The Labute approximate surface area is 283 Å². The van der Waals surface area contributed by atoms with Crippen molar-refractivity contribution < 1.29 is 23.9 Å². The molecule has 0 radical (unpaired) electrons. The minimum absolute atomic E-state index is 0.0161. The molecule has 0 unspecified atom stereocenters. The van der Waals surface area contributed by atoms with Crippen molar-refractivity contribution in [1.29, 1.82) is 0 Å². The van der Waals surface area contributed by atoms with E-state index in [4.69, 9.17) is 9.47 Å². The maximum atomic E-state index is 14.6. The van der Waals surface area contributed by atoms with Crippen LogP contribution in [-0.4, -0.2) is 31.1 Å². The zero-order valence-corrected chi connectivity index (χ0v) is 30.3. The summed E-state index contributed by atoms with van der Waals surface area (Å²) in [4.78, 5) is 39.1. The molecule has 0 aromatic heterocycles. The molecule has 1 amide bonds. The van der Waals surface area contributed by atoms with Crippen LogP contribution in [0.4, 0.5) is 0 Å². The summed E-state index contributed by atoms with van der Waals surface area (Å²) in [5, 5.41) is 3.34. The van der Waals surface area contributed by atoms with Gasteiger partial charge < -0.3 is 14.8 Å². The van der Waals surface area contributed by atoms with Crippen molar-refractivity contribution >= 4 is 17.8 Å². The van der Waals surface area contributed by atoms with Crippen LogP contribution in [0.2, 0.25) is 0 Å². The zero-order chi connectivity index (χ0) is 34.2. The van der Waals surface area contributed by atoms with E-state index in [1.807, 2.05) is 18.2 Å². The number of carbonyl (C=O) groups excluding carboxylic acids is 3. The van der Waals surface area contributed by atoms with Crippen LogP contribution in [0.5, 0.6) is 0 Å². The predicted octanol–water partition coefficient (Wildman–Crippen LogP) is 8.68. The van der Waals surface area contributed by atoms with E-state index >= 15 is 0 Å². The van der Waals surface area contributed by atoms with Crippen molar-refractivity contribution in [1.82, 2.24) is 5.32 Å². The SMILES string of the molecule is C=C(C)[C@@H]1CC[C@]2(C(=O)NCc3ccccc3C(=O)OC)CC[C@]3(C)[C@H](CC[C@@H]4[C@@]5(C)CC[C@H](OC(C)=O)C(C)(C)[C@@H]5CC[C@]43C)[C@@H]12. The molecule has 47 heavy (non-hydrogen) atoms. The summed E-state index contributed by atoms with van der Waals surface area (Å²) in [5.74, 6) is 1.81. The molecular formula is C41H59NO5. The maximum absolute atomic E-state index is 14.6. The van der Waals surface area contributed by atoms with Gasteiger partial charge in [-0.25, -0.2) is 4.79 Å². The largest absolute Gasteiger partial charge is 0.465 e. The molecule has 0 bridgehead atoms. The third kappa shape index (κ3) is 4.96. The molecule has 6 rings (SSSR count). The summed E-state index contributed by atoms with van der Waals surface area (Å²) in [7, 11) is 1.40. The number of fused-ring (bicyclic) bond motifs is 7. The van der Waals surface area contributed by atoms with E-state index in [0.717, 1.165) is 56.9 Å². The molecular weight excluding hydrogens is 586 g/mol. The number of hydrogen-bond donors (Lipinski definition) is 1. The second-order valence-corrected chi connectivity index (χ2v) is 17.6. The molecule has 6 heteroatoms. The number of allylic oxidation sites excluding steroid dienone is 1. The molecule has 1 N–H and O–H groups in total. The lowest BCUT2D eigenvalue weighted by molar-refractivity contribution is -0.248. The summed E-state index contributed by atoms with van der Waals surface area (Å²) in [5.41, 5.74) is 2.55. The Morgan fingerprint density at radius 2 is 1.57 bits per heavy atom. The number of benzene rings is 1. The molecule has 10 atom stereocenters. The summed E-state index contributed by atoms with van der Waals surface area (Å²) >= 11 is 0. The average Bonchev–Trinajstić information content (AvgIpc) is 3.42. The monoisotopic (exact) mass is 645 g/mol. The van der Waals surface area contributed by atoms with Gasteiger partial charge in [0.05, 0.1) is 18.1 Å². The van der Waals surface area contributed by atoms with Crippen LogP contribution in [0, 0.1) is 56.7 Å². The van der Waals surface area contributed by atoms with E-state index in [-0.39, 0.29) is 51.5 Å². The number of rotatable bonds is 6. The van der Waals surface area contributed by atoms with E-state index in [9.17, 15) is 14.4 Å². The summed E-state index contributed by atoms with van der Waals surface area (Å²) in [6, 6.07) is 7.42. The maximum Gasteiger partial charge on any atom is 0.338 e. The predicted molar refractivity (Wildman–Crippen MR) is 184 cm³/mol. The number of carbonyl (C=O) groups is 3. The number of nitrogens with one attached hydrogen (secondary N) is 1. The lowest BCUT2D eigenvalue weighted by atomic mass is 9.32. The van der Waals surface area contributed by atoms with Crippen molar-refractivity contribution in [3.8, 4) is 0 Å². The topological polar surface area (TPSA) is 81.7 Å². The Bertz CT molecular complexity index is 1450.